The molecular formula is C17H18N2. The van der Waals surface area contributed by atoms with E-state index in [9.17, 15) is 0 Å². The molecule has 2 N–H and O–H groups in total. The van der Waals surface area contributed by atoms with E-state index in [0.29, 0.717) is 12.6 Å². The molecule has 0 saturated carbocycles. The van der Waals surface area contributed by atoms with Crippen molar-refractivity contribution in [2.45, 2.75) is 12.5 Å². The number of nitrogens with zero attached hydrogens (tertiary/aromatic N) is 1. The van der Waals surface area contributed by atoms with E-state index >= 15 is 0 Å². The van der Waals surface area contributed by atoms with Gasteiger partial charge in [-0.1, -0.05) is 48.5 Å². The average Bonchev–Trinajstić information content (AvgIpc) is 2.89. The van der Waals surface area contributed by atoms with Gasteiger partial charge < -0.3 is 10.3 Å². The Kier molecular flexibility index (Phi) is 3.34. The Labute approximate surface area is 113 Å². The van der Waals surface area contributed by atoms with Crippen LogP contribution in [0.4, 0.5) is 0 Å². The van der Waals surface area contributed by atoms with Crippen LogP contribution in [0, 0.1) is 0 Å². The number of fused-ring (bicyclic) bond motifs is 1. The van der Waals surface area contributed by atoms with Crippen LogP contribution in [-0.2, 0) is 0 Å². The molecule has 0 amide bonds. The van der Waals surface area contributed by atoms with Crippen LogP contribution >= 0.6 is 0 Å². The van der Waals surface area contributed by atoms with Crippen LogP contribution in [0.25, 0.3) is 10.9 Å². The number of aromatic nitrogens is 1. The predicted molar refractivity (Wildman–Crippen MR) is 80.2 cm³/mol. The quantitative estimate of drug-likeness (QED) is 0.754. The molecule has 1 aromatic heterocycles. The van der Waals surface area contributed by atoms with Crippen molar-refractivity contribution in [3.8, 4) is 0 Å². The summed E-state index contributed by atoms with van der Waals surface area (Å²) in [5.41, 5.74) is 8.39. The minimum absolute atomic E-state index is 0.311. The lowest BCUT2D eigenvalue weighted by Gasteiger charge is -2.20. The summed E-state index contributed by atoms with van der Waals surface area (Å²) in [5, 5.41) is 1.28. The van der Waals surface area contributed by atoms with Gasteiger partial charge in [0.2, 0.25) is 0 Å². The van der Waals surface area contributed by atoms with Crippen LogP contribution in [0.1, 0.15) is 18.0 Å². The van der Waals surface area contributed by atoms with Gasteiger partial charge in [0.1, 0.15) is 0 Å². The van der Waals surface area contributed by atoms with E-state index in [0.717, 1.165) is 6.42 Å². The molecule has 0 saturated heterocycles. The van der Waals surface area contributed by atoms with Gasteiger partial charge in [-0.3, -0.25) is 0 Å². The summed E-state index contributed by atoms with van der Waals surface area (Å²) in [7, 11) is 0. The summed E-state index contributed by atoms with van der Waals surface area (Å²) in [4.78, 5) is 0. The smallest absolute Gasteiger partial charge is 0.0597 e. The fourth-order valence-corrected chi connectivity index (χ4v) is 2.68. The molecule has 2 nitrogen and oxygen atoms in total. The van der Waals surface area contributed by atoms with E-state index in [1.807, 2.05) is 0 Å². The summed E-state index contributed by atoms with van der Waals surface area (Å²) in [6, 6.07) is 21.5. The Morgan fingerprint density at radius 1 is 0.895 bits per heavy atom. The van der Waals surface area contributed by atoms with E-state index in [2.05, 4.69) is 71.4 Å². The SMILES string of the molecule is NCC[C@@H](c1ccccc1)n1ccc2ccccc21. The maximum atomic E-state index is 5.80. The fourth-order valence-electron chi connectivity index (χ4n) is 2.68. The molecule has 1 heterocycles. The van der Waals surface area contributed by atoms with Crippen LogP contribution in [0.3, 0.4) is 0 Å². The van der Waals surface area contributed by atoms with Crippen LogP contribution < -0.4 is 5.73 Å². The Bertz CT molecular complexity index is 655. The van der Waals surface area contributed by atoms with Crippen molar-refractivity contribution in [3.05, 3.63) is 72.4 Å². The zero-order valence-electron chi connectivity index (χ0n) is 10.9. The standard InChI is InChI=1S/C17H18N2/c18-12-10-17(14-6-2-1-3-7-14)19-13-11-15-8-4-5-9-16(15)19/h1-9,11,13,17H,10,12,18H2/t17-/m0/s1. The molecule has 0 aliphatic carbocycles. The summed E-state index contributed by atoms with van der Waals surface area (Å²) >= 11 is 0. The fraction of sp³-hybridized carbons (Fsp3) is 0.176. The maximum Gasteiger partial charge on any atom is 0.0597 e. The number of para-hydroxylation sites is 1. The second-order valence-corrected chi connectivity index (χ2v) is 4.79. The Morgan fingerprint density at radius 2 is 1.63 bits per heavy atom. The molecule has 19 heavy (non-hydrogen) atoms. The van der Waals surface area contributed by atoms with Crippen LogP contribution in [0.5, 0.6) is 0 Å². The molecular weight excluding hydrogens is 232 g/mol. The average molecular weight is 250 g/mol. The van der Waals surface area contributed by atoms with E-state index in [4.69, 9.17) is 5.73 Å². The molecule has 0 aliphatic heterocycles. The molecule has 0 radical (unpaired) electrons. The van der Waals surface area contributed by atoms with Gasteiger partial charge in [0, 0.05) is 11.7 Å². The third-order valence-corrected chi connectivity index (χ3v) is 3.59. The van der Waals surface area contributed by atoms with Crippen LogP contribution in [0.15, 0.2) is 66.9 Å². The van der Waals surface area contributed by atoms with Crippen molar-refractivity contribution in [2.24, 2.45) is 5.73 Å². The van der Waals surface area contributed by atoms with Gasteiger partial charge in [-0.2, -0.15) is 0 Å². The molecule has 3 rings (SSSR count). The highest BCUT2D eigenvalue weighted by Crippen LogP contribution is 2.27. The van der Waals surface area contributed by atoms with Gasteiger partial charge in [0.05, 0.1) is 6.04 Å². The number of rotatable bonds is 4. The summed E-state index contributed by atoms with van der Waals surface area (Å²) < 4.78 is 2.33. The van der Waals surface area contributed by atoms with E-state index in [-0.39, 0.29) is 0 Å². The first-order valence-corrected chi connectivity index (χ1v) is 6.71. The predicted octanol–water partition coefficient (Wildman–Crippen LogP) is 3.58. The second kappa shape index (κ2) is 5.29. The van der Waals surface area contributed by atoms with Crippen molar-refractivity contribution >= 4 is 10.9 Å². The molecule has 0 fully saturated rings. The highest BCUT2D eigenvalue weighted by atomic mass is 15.0. The molecule has 0 spiro atoms. The van der Waals surface area contributed by atoms with Gasteiger partial charge in [-0.05, 0) is 36.0 Å². The summed E-state index contributed by atoms with van der Waals surface area (Å²) in [5.74, 6) is 0. The first-order chi connectivity index (χ1) is 9.40. The van der Waals surface area contributed by atoms with Crippen molar-refractivity contribution in [1.29, 1.82) is 0 Å². The first-order valence-electron chi connectivity index (χ1n) is 6.71. The van der Waals surface area contributed by atoms with Gasteiger partial charge in [0.15, 0.2) is 0 Å². The van der Waals surface area contributed by atoms with Crippen molar-refractivity contribution < 1.29 is 0 Å². The van der Waals surface area contributed by atoms with Gasteiger partial charge in [-0.15, -0.1) is 0 Å². The van der Waals surface area contributed by atoms with Crippen LogP contribution in [0.2, 0.25) is 0 Å². The molecule has 3 aromatic rings. The number of hydrogen-bond acceptors (Lipinski definition) is 1. The lowest BCUT2D eigenvalue weighted by atomic mass is 10.0. The first kappa shape index (κ1) is 12.0. The van der Waals surface area contributed by atoms with Crippen molar-refractivity contribution in [3.63, 3.8) is 0 Å². The Morgan fingerprint density at radius 3 is 2.42 bits per heavy atom. The monoisotopic (exact) mass is 250 g/mol. The molecule has 2 aromatic carbocycles. The van der Waals surface area contributed by atoms with Gasteiger partial charge in [0.25, 0.3) is 0 Å². The lowest BCUT2D eigenvalue weighted by molar-refractivity contribution is 0.564. The maximum absolute atomic E-state index is 5.80. The highest BCUT2D eigenvalue weighted by Gasteiger charge is 2.14. The number of hydrogen-bond donors (Lipinski definition) is 1. The zero-order valence-corrected chi connectivity index (χ0v) is 10.9. The largest absolute Gasteiger partial charge is 0.340 e. The molecule has 0 aliphatic rings. The van der Waals surface area contributed by atoms with Crippen LogP contribution in [-0.4, -0.2) is 11.1 Å². The molecule has 0 bridgehead atoms. The zero-order chi connectivity index (χ0) is 13.1. The Balaban J connectivity index is 2.10. The summed E-state index contributed by atoms with van der Waals surface area (Å²) in [6.07, 6.45) is 3.11. The van der Waals surface area contributed by atoms with Gasteiger partial charge >= 0.3 is 0 Å². The van der Waals surface area contributed by atoms with E-state index < -0.39 is 0 Å². The summed E-state index contributed by atoms with van der Waals surface area (Å²) in [6.45, 7) is 0.687. The topological polar surface area (TPSA) is 30.9 Å². The number of nitrogens with two attached hydrogens (primary N) is 1. The van der Waals surface area contributed by atoms with Gasteiger partial charge in [-0.25, -0.2) is 0 Å². The molecule has 96 valence electrons. The third-order valence-electron chi connectivity index (χ3n) is 3.59. The normalized spacial score (nSPS) is 12.7. The molecule has 2 heteroatoms. The van der Waals surface area contributed by atoms with E-state index in [1.54, 1.807) is 0 Å². The highest BCUT2D eigenvalue weighted by molar-refractivity contribution is 5.80. The Hall–Kier alpha value is -2.06. The third kappa shape index (κ3) is 2.27. The minimum Gasteiger partial charge on any atom is -0.340 e. The molecule has 0 unspecified atom stereocenters. The second-order valence-electron chi connectivity index (χ2n) is 4.79. The van der Waals surface area contributed by atoms with E-state index in [1.165, 1.54) is 16.5 Å². The van der Waals surface area contributed by atoms with Crippen molar-refractivity contribution in [2.75, 3.05) is 6.54 Å². The number of benzene rings is 2. The minimum atomic E-state index is 0.311. The molecule has 1 atom stereocenters. The van der Waals surface area contributed by atoms with Crippen molar-refractivity contribution in [1.82, 2.24) is 4.57 Å². The lowest BCUT2D eigenvalue weighted by Crippen LogP contribution is -2.14.